The molecule has 1 aromatic carbocycles. The molecule has 1 aromatic heterocycles. The Balaban J connectivity index is 1.24. The molecular formula is C32H45N5O6S. The van der Waals surface area contributed by atoms with E-state index in [-0.39, 0.29) is 42.3 Å². The van der Waals surface area contributed by atoms with Gasteiger partial charge in [-0.05, 0) is 30.9 Å². The van der Waals surface area contributed by atoms with Crippen LogP contribution in [0.2, 0.25) is 0 Å². The summed E-state index contributed by atoms with van der Waals surface area (Å²) in [5.41, 5.74) is 2.01. The third-order valence-corrected chi connectivity index (χ3v) is 9.31. The van der Waals surface area contributed by atoms with Crippen LogP contribution in [-0.2, 0) is 23.8 Å². The van der Waals surface area contributed by atoms with Crippen molar-refractivity contribution in [2.24, 2.45) is 5.41 Å². The van der Waals surface area contributed by atoms with Gasteiger partial charge in [0.15, 0.2) is 10.9 Å². The van der Waals surface area contributed by atoms with Crippen molar-refractivity contribution < 1.29 is 28.6 Å². The molecule has 12 heteroatoms. The van der Waals surface area contributed by atoms with E-state index in [0.29, 0.717) is 18.6 Å². The molecule has 3 fully saturated rings. The maximum absolute atomic E-state index is 13.9. The molecule has 1 N–H and O–H groups in total. The first-order valence-electron chi connectivity index (χ1n) is 15.5. The molecule has 2 amide bonds. The Hall–Kier alpha value is -2.90. The first kappa shape index (κ1) is 32.5. The van der Waals surface area contributed by atoms with Crippen molar-refractivity contribution in [2.75, 3.05) is 71.1 Å². The molecule has 3 aliphatic rings. The number of likely N-dealkylation sites (tertiary alicyclic amines) is 1. The summed E-state index contributed by atoms with van der Waals surface area (Å²) in [7, 11) is 1.73. The van der Waals surface area contributed by atoms with Crippen LogP contribution in [0.1, 0.15) is 44.5 Å². The lowest BCUT2D eigenvalue weighted by Crippen LogP contribution is -2.53. The zero-order chi connectivity index (χ0) is 31.4. The largest absolute Gasteiger partial charge is 0.383 e. The summed E-state index contributed by atoms with van der Waals surface area (Å²) in [6.07, 6.45) is -0.419. The summed E-state index contributed by atoms with van der Waals surface area (Å²) in [6, 6.07) is 5.84. The van der Waals surface area contributed by atoms with Gasteiger partial charge >= 0.3 is 0 Å². The lowest BCUT2D eigenvalue weighted by atomic mass is 9.87. The smallest absolute Gasteiger partial charge is 0.251 e. The van der Waals surface area contributed by atoms with Crippen molar-refractivity contribution in [1.29, 1.82) is 0 Å². The van der Waals surface area contributed by atoms with E-state index in [2.05, 4.69) is 15.1 Å². The monoisotopic (exact) mass is 627 g/mol. The Labute approximate surface area is 263 Å². The maximum Gasteiger partial charge on any atom is 0.251 e. The fourth-order valence-electron chi connectivity index (χ4n) is 6.17. The minimum atomic E-state index is -0.798. The number of ether oxygens (including phenoxy) is 3. The van der Waals surface area contributed by atoms with Crippen LogP contribution in [-0.4, -0.2) is 123 Å². The Morgan fingerprint density at radius 3 is 2.55 bits per heavy atom. The van der Waals surface area contributed by atoms with Crippen molar-refractivity contribution >= 4 is 34.1 Å². The number of aromatic nitrogens is 1. The number of carbonyl (C=O) groups excluding carboxylic acids is 3. The van der Waals surface area contributed by atoms with E-state index in [4.69, 9.17) is 19.2 Å². The number of nitrogens with zero attached hydrogens (tertiary/aromatic N) is 4. The summed E-state index contributed by atoms with van der Waals surface area (Å²) in [4.78, 5) is 51.2. The van der Waals surface area contributed by atoms with Crippen molar-refractivity contribution in [3.63, 3.8) is 0 Å². The topological polar surface area (TPSA) is 114 Å². The second-order valence-corrected chi connectivity index (χ2v) is 13.7. The van der Waals surface area contributed by atoms with Crippen LogP contribution in [0, 0.1) is 5.41 Å². The Bertz CT molecular complexity index is 1300. The Kier molecular flexibility index (Phi) is 10.4. The minimum absolute atomic E-state index is 0.0304. The number of hydrogen-bond acceptors (Lipinski definition) is 10. The first-order valence-corrected chi connectivity index (χ1v) is 16.4. The number of benzene rings is 1. The number of carbonyl (C=O) groups is 3. The lowest BCUT2D eigenvalue weighted by Gasteiger charge is -2.34. The molecule has 4 heterocycles. The summed E-state index contributed by atoms with van der Waals surface area (Å²) in [5.74, 6) is -0.748. The van der Waals surface area contributed by atoms with Crippen LogP contribution in [0.25, 0.3) is 11.3 Å². The highest BCUT2D eigenvalue weighted by Crippen LogP contribution is 2.32. The van der Waals surface area contributed by atoms with Crippen LogP contribution >= 0.6 is 11.3 Å². The van der Waals surface area contributed by atoms with Gasteiger partial charge in [-0.2, -0.15) is 0 Å². The number of hydrogen-bond donors (Lipinski definition) is 1. The lowest BCUT2D eigenvalue weighted by molar-refractivity contribution is -0.139. The number of ketones is 1. The number of fused-ring (bicyclic) bond motifs is 1. The summed E-state index contributed by atoms with van der Waals surface area (Å²) in [6.45, 7) is 14.2. The number of nitrogens with one attached hydrogen (secondary N) is 1. The van der Waals surface area contributed by atoms with Crippen molar-refractivity contribution in [3.8, 4) is 11.3 Å². The van der Waals surface area contributed by atoms with Gasteiger partial charge in [0.1, 0.15) is 30.9 Å². The molecule has 0 bridgehead atoms. The Morgan fingerprint density at radius 1 is 1.16 bits per heavy atom. The molecule has 4 atom stereocenters. The van der Waals surface area contributed by atoms with Gasteiger partial charge < -0.3 is 29.3 Å². The number of rotatable bonds is 11. The summed E-state index contributed by atoms with van der Waals surface area (Å²) < 4.78 is 16.7. The third-order valence-electron chi connectivity index (χ3n) is 8.41. The quantitative estimate of drug-likeness (QED) is 0.402. The highest BCUT2D eigenvalue weighted by Gasteiger charge is 2.53. The summed E-state index contributed by atoms with van der Waals surface area (Å²) >= 11 is 1.63. The van der Waals surface area contributed by atoms with Gasteiger partial charge in [0, 0.05) is 62.9 Å². The van der Waals surface area contributed by atoms with Crippen LogP contribution in [0.5, 0.6) is 0 Å². The molecule has 44 heavy (non-hydrogen) atoms. The molecule has 240 valence electrons. The van der Waals surface area contributed by atoms with Crippen LogP contribution in [0.4, 0.5) is 5.13 Å². The van der Waals surface area contributed by atoms with E-state index < -0.39 is 18.2 Å². The minimum Gasteiger partial charge on any atom is -0.383 e. The van der Waals surface area contributed by atoms with Crippen molar-refractivity contribution in [1.82, 2.24) is 20.1 Å². The van der Waals surface area contributed by atoms with Crippen LogP contribution < -0.4 is 10.2 Å². The first-order chi connectivity index (χ1) is 21.1. The second-order valence-electron chi connectivity index (χ2n) is 12.9. The fraction of sp³-hybridized carbons (Fsp3) is 0.625. The van der Waals surface area contributed by atoms with Crippen molar-refractivity contribution in [2.45, 2.75) is 58.4 Å². The van der Waals surface area contributed by atoms with Gasteiger partial charge in [0.05, 0.1) is 18.8 Å². The van der Waals surface area contributed by atoms with E-state index in [9.17, 15) is 14.4 Å². The maximum atomic E-state index is 13.9. The van der Waals surface area contributed by atoms with Crippen molar-refractivity contribution in [3.05, 3.63) is 35.2 Å². The molecule has 0 saturated carbocycles. The van der Waals surface area contributed by atoms with Crippen LogP contribution in [0.15, 0.2) is 29.6 Å². The number of piperazine rings is 1. The van der Waals surface area contributed by atoms with Gasteiger partial charge in [0.25, 0.3) is 5.91 Å². The molecular weight excluding hydrogens is 582 g/mol. The average Bonchev–Trinajstić information content (AvgIpc) is 3.73. The second kappa shape index (κ2) is 14.0. The molecule has 3 aliphatic heterocycles. The average molecular weight is 628 g/mol. The normalized spacial score (nSPS) is 23.2. The molecule has 0 spiro atoms. The molecule has 0 aliphatic carbocycles. The predicted molar refractivity (Wildman–Crippen MR) is 169 cm³/mol. The standard InChI is InChI=1S/C32H45N5O6S/c1-6-42-26-18-37(27-25(38)19-43-28(26)27)30(40)23(17-32(2,3)4)33-29(39)22-9-7-21(8-10-22)24-20-44-31(34-24)36-13-11-35(12-14-36)15-16-41-5/h7-10,20,23,26-28H,6,11-19H2,1-5H3,(H,33,39)/t23?,26-,27+,28+/m0/s1. The zero-order valence-electron chi connectivity index (χ0n) is 26.4. The highest BCUT2D eigenvalue weighted by atomic mass is 32.1. The molecule has 2 aromatic rings. The number of methoxy groups -OCH3 is 1. The molecule has 1 unspecified atom stereocenters. The van der Waals surface area contributed by atoms with Gasteiger partial charge in [0.2, 0.25) is 5.91 Å². The fourth-order valence-corrected chi connectivity index (χ4v) is 7.06. The van der Waals surface area contributed by atoms with E-state index in [1.54, 1.807) is 35.5 Å². The number of thiazole rings is 1. The predicted octanol–water partition coefficient (Wildman–Crippen LogP) is 2.70. The zero-order valence-corrected chi connectivity index (χ0v) is 27.2. The van der Waals surface area contributed by atoms with E-state index in [0.717, 1.165) is 55.7 Å². The highest BCUT2D eigenvalue weighted by molar-refractivity contribution is 7.14. The molecule has 3 saturated heterocycles. The molecule has 5 rings (SSSR count). The Morgan fingerprint density at radius 2 is 1.89 bits per heavy atom. The molecule has 11 nitrogen and oxygen atoms in total. The van der Waals surface area contributed by atoms with Gasteiger partial charge in [-0.1, -0.05) is 32.9 Å². The van der Waals surface area contributed by atoms with E-state index in [1.807, 2.05) is 45.2 Å². The van der Waals surface area contributed by atoms with E-state index in [1.165, 1.54) is 0 Å². The van der Waals surface area contributed by atoms with Gasteiger partial charge in [-0.25, -0.2) is 4.98 Å². The van der Waals surface area contributed by atoms with Crippen LogP contribution in [0.3, 0.4) is 0 Å². The summed E-state index contributed by atoms with van der Waals surface area (Å²) in [5, 5.41) is 6.02. The number of anilines is 1. The van der Waals surface area contributed by atoms with E-state index >= 15 is 0 Å². The van der Waals surface area contributed by atoms with Gasteiger partial charge in [-0.3, -0.25) is 19.3 Å². The SMILES string of the molecule is CCO[C@H]1CN(C(=O)C(CC(C)(C)C)NC(=O)c2ccc(-c3csc(N4CCN(CCOC)CC4)n3)cc2)[C@@H]2C(=O)CO[C@H]12. The number of amides is 2. The molecule has 0 radical (unpaired) electrons. The third kappa shape index (κ3) is 7.48. The van der Waals surface area contributed by atoms with Gasteiger partial charge in [-0.15, -0.1) is 11.3 Å². The number of Topliss-reactive ketones (excluding diaryl/α,β-unsaturated/α-hetero) is 1.